The van der Waals surface area contributed by atoms with Gasteiger partial charge in [-0.25, -0.2) is 0 Å². The van der Waals surface area contributed by atoms with E-state index in [1.54, 1.807) is 0 Å². The minimum absolute atomic E-state index is 0.136. The fourth-order valence-corrected chi connectivity index (χ4v) is 2.18. The van der Waals surface area contributed by atoms with Crippen LogP contribution in [-0.2, 0) is 0 Å². The lowest BCUT2D eigenvalue weighted by Crippen LogP contribution is -2.33. The van der Waals surface area contributed by atoms with Gasteiger partial charge in [0, 0.05) is 5.56 Å². The molecule has 1 nitrogen and oxygen atoms in total. The Kier molecular flexibility index (Phi) is 2.56. The number of para-hydroxylation sites is 1. The molecule has 1 aromatic rings. The van der Waals surface area contributed by atoms with Crippen molar-refractivity contribution >= 4 is 6.08 Å². The predicted molar refractivity (Wildman–Crippen MR) is 64.0 cm³/mol. The van der Waals surface area contributed by atoms with Gasteiger partial charge >= 0.3 is 0 Å². The number of hydrogen-bond donors (Lipinski definition) is 0. The quantitative estimate of drug-likeness (QED) is 0.706. The van der Waals surface area contributed by atoms with Crippen LogP contribution in [0.15, 0.2) is 30.3 Å². The summed E-state index contributed by atoms with van der Waals surface area (Å²) < 4.78 is 6.04. The van der Waals surface area contributed by atoms with Gasteiger partial charge in [0.05, 0.1) is 0 Å². The summed E-state index contributed by atoms with van der Waals surface area (Å²) in [6.07, 6.45) is 5.40. The van der Waals surface area contributed by atoms with Crippen LogP contribution in [0.5, 0.6) is 5.75 Å². The summed E-state index contributed by atoms with van der Waals surface area (Å²) in [5, 5.41) is 0. The lowest BCUT2D eigenvalue weighted by atomic mass is 9.91. The van der Waals surface area contributed by atoms with Crippen molar-refractivity contribution in [3.05, 3.63) is 35.9 Å². The van der Waals surface area contributed by atoms with Crippen LogP contribution in [0.2, 0.25) is 0 Å². The van der Waals surface area contributed by atoms with Crippen LogP contribution in [0.1, 0.15) is 32.8 Å². The number of rotatable bonds is 2. The van der Waals surface area contributed by atoms with E-state index in [-0.39, 0.29) is 5.60 Å². The van der Waals surface area contributed by atoms with Crippen LogP contribution in [0.4, 0.5) is 0 Å². The van der Waals surface area contributed by atoms with Gasteiger partial charge in [0.25, 0.3) is 0 Å². The molecule has 1 heteroatoms. The topological polar surface area (TPSA) is 9.23 Å². The molecular formula is C14H18O. The maximum absolute atomic E-state index is 6.04. The highest BCUT2D eigenvalue weighted by Gasteiger charge is 2.27. The maximum Gasteiger partial charge on any atom is 0.127 e. The molecular weight excluding hydrogens is 184 g/mol. The lowest BCUT2D eigenvalue weighted by molar-refractivity contribution is 0.112. The molecule has 0 spiro atoms. The standard InChI is InChI=1S/C14H18O/c1-11(2)10-14(3)9-8-12-6-4-5-7-13(12)15-14/h4-9,11H,10H2,1-3H3/t14-/m1/s1. The SMILES string of the molecule is CC(C)C[C@@]1(C)C=Cc2ccccc2O1. The molecule has 0 amide bonds. The molecule has 1 aliphatic heterocycles. The van der Waals surface area contributed by atoms with E-state index >= 15 is 0 Å². The molecule has 1 aliphatic rings. The zero-order chi connectivity index (χ0) is 10.9. The van der Waals surface area contributed by atoms with E-state index in [9.17, 15) is 0 Å². The van der Waals surface area contributed by atoms with Crippen molar-refractivity contribution in [2.24, 2.45) is 5.92 Å². The summed E-state index contributed by atoms with van der Waals surface area (Å²) in [6.45, 7) is 6.60. The van der Waals surface area contributed by atoms with Crippen molar-refractivity contribution in [1.29, 1.82) is 0 Å². The Bertz CT molecular complexity index is 379. The van der Waals surface area contributed by atoms with Gasteiger partial charge < -0.3 is 4.74 Å². The Morgan fingerprint density at radius 3 is 2.73 bits per heavy atom. The van der Waals surface area contributed by atoms with Crippen molar-refractivity contribution in [2.75, 3.05) is 0 Å². The molecule has 0 fully saturated rings. The Morgan fingerprint density at radius 2 is 2.00 bits per heavy atom. The molecule has 0 radical (unpaired) electrons. The molecule has 2 rings (SSSR count). The van der Waals surface area contributed by atoms with E-state index in [0.29, 0.717) is 5.92 Å². The van der Waals surface area contributed by atoms with Crippen LogP contribution in [0.25, 0.3) is 6.08 Å². The second kappa shape index (κ2) is 3.73. The Hall–Kier alpha value is -1.24. The summed E-state index contributed by atoms with van der Waals surface area (Å²) in [6, 6.07) is 8.18. The molecule has 1 aromatic carbocycles. The monoisotopic (exact) mass is 202 g/mol. The zero-order valence-corrected chi connectivity index (χ0v) is 9.66. The van der Waals surface area contributed by atoms with Crippen LogP contribution >= 0.6 is 0 Å². The summed E-state index contributed by atoms with van der Waals surface area (Å²) >= 11 is 0. The second-order valence-electron chi connectivity index (χ2n) is 4.88. The van der Waals surface area contributed by atoms with Crippen molar-refractivity contribution in [1.82, 2.24) is 0 Å². The normalized spacial score (nSPS) is 23.7. The summed E-state index contributed by atoms with van der Waals surface area (Å²) in [5.74, 6) is 1.65. The summed E-state index contributed by atoms with van der Waals surface area (Å²) in [7, 11) is 0. The minimum Gasteiger partial charge on any atom is -0.483 e. The Labute approximate surface area is 91.8 Å². The third-order valence-corrected chi connectivity index (χ3v) is 2.69. The van der Waals surface area contributed by atoms with Crippen LogP contribution in [0.3, 0.4) is 0 Å². The number of fused-ring (bicyclic) bond motifs is 1. The molecule has 0 bridgehead atoms. The van der Waals surface area contributed by atoms with Gasteiger partial charge in [-0.3, -0.25) is 0 Å². The van der Waals surface area contributed by atoms with Gasteiger partial charge in [0.1, 0.15) is 11.4 Å². The molecule has 1 heterocycles. The first kappa shape index (κ1) is 10.3. The van der Waals surface area contributed by atoms with E-state index in [1.807, 2.05) is 18.2 Å². The van der Waals surface area contributed by atoms with Gasteiger partial charge in [-0.2, -0.15) is 0 Å². The highest BCUT2D eigenvalue weighted by atomic mass is 16.5. The van der Waals surface area contributed by atoms with Crippen molar-refractivity contribution in [2.45, 2.75) is 32.8 Å². The lowest BCUT2D eigenvalue weighted by Gasteiger charge is -2.33. The summed E-state index contributed by atoms with van der Waals surface area (Å²) in [5.41, 5.74) is 1.04. The minimum atomic E-state index is -0.136. The molecule has 0 N–H and O–H groups in total. The molecule has 15 heavy (non-hydrogen) atoms. The van der Waals surface area contributed by atoms with Gasteiger partial charge in [-0.05, 0) is 31.4 Å². The number of ether oxygens (including phenoxy) is 1. The van der Waals surface area contributed by atoms with E-state index in [4.69, 9.17) is 4.74 Å². The Morgan fingerprint density at radius 1 is 1.27 bits per heavy atom. The van der Waals surface area contributed by atoms with Gasteiger partial charge in [0.15, 0.2) is 0 Å². The predicted octanol–water partition coefficient (Wildman–Crippen LogP) is 3.90. The molecule has 0 aromatic heterocycles. The fourth-order valence-electron chi connectivity index (χ4n) is 2.18. The third kappa shape index (κ3) is 2.23. The fraction of sp³-hybridized carbons (Fsp3) is 0.429. The van der Waals surface area contributed by atoms with Crippen molar-refractivity contribution in [3.8, 4) is 5.75 Å². The second-order valence-corrected chi connectivity index (χ2v) is 4.88. The molecule has 0 saturated carbocycles. The van der Waals surface area contributed by atoms with Crippen molar-refractivity contribution < 1.29 is 4.74 Å². The van der Waals surface area contributed by atoms with E-state index < -0.39 is 0 Å². The number of benzene rings is 1. The summed E-state index contributed by atoms with van der Waals surface area (Å²) in [4.78, 5) is 0. The first-order valence-corrected chi connectivity index (χ1v) is 5.56. The molecule has 0 aliphatic carbocycles. The smallest absolute Gasteiger partial charge is 0.127 e. The number of hydrogen-bond acceptors (Lipinski definition) is 1. The molecule has 0 unspecified atom stereocenters. The molecule has 80 valence electrons. The third-order valence-electron chi connectivity index (χ3n) is 2.69. The Balaban J connectivity index is 2.25. The van der Waals surface area contributed by atoms with Crippen molar-refractivity contribution in [3.63, 3.8) is 0 Å². The van der Waals surface area contributed by atoms with Crippen LogP contribution in [-0.4, -0.2) is 5.60 Å². The highest BCUT2D eigenvalue weighted by molar-refractivity contribution is 5.60. The average molecular weight is 202 g/mol. The van der Waals surface area contributed by atoms with E-state index in [1.165, 1.54) is 5.56 Å². The largest absolute Gasteiger partial charge is 0.483 e. The van der Waals surface area contributed by atoms with E-state index in [2.05, 4.69) is 39.0 Å². The zero-order valence-electron chi connectivity index (χ0n) is 9.66. The van der Waals surface area contributed by atoms with Crippen LogP contribution < -0.4 is 4.74 Å². The van der Waals surface area contributed by atoms with Gasteiger partial charge in [-0.1, -0.05) is 38.1 Å². The van der Waals surface area contributed by atoms with Crippen LogP contribution in [0, 0.1) is 5.92 Å². The highest BCUT2D eigenvalue weighted by Crippen LogP contribution is 2.33. The first-order chi connectivity index (χ1) is 7.09. The maximum atomic E-state index is 6.04. The molecule has 1 atom stereocenters. The average Bonchev–Trinajstić information content (AvgIpc) is 2.15. The first-order valence-electron chi connectivity index (χ1n) is 5.56. The van der Waals surface area contributed by atoms with E-state index in [0.717, 1.165) is 12.2 Å². The van der Waals surface area contributed by atoms with Gasteiger partial charge in [0.2, 0.25) is 0 Å². The van der Waals surface area contributed by atoms with Gasteiger partial charge in [-0.15, -0.1) is 0 Å². The molecule has 0 saturated heterocycles.